The van der Waals surface area contributed by atoms with Gasteiger partial charge in [0.05, 0.1) is 32.8 Å². The first-order valence-electron chi connectivity index (χ1n) is 9.45. The Hall–Kier alpha value is -2.53. The summed E-state index contributed by atoms with van der Waals surface area (Å²) in [6.45, 7) is 1.41. The zero-order valence-corrected chi connectivity index (χ0v) is 15.6. The molecule has 0 radical (unpaired) electrons. The van der Waals surface area contributed by atoms with Gasteiger partial charge >= 0.3 is 0 Å². The Labute approximate surface area is 159 Å². The zero-order chi connectivity index (χ0) is 18.7. The number of carbonyl (C=O) groups excluding carboxylic acids is 1. The molecule has 27 heavy (non-hydrogen) atoms. The van der Waals surface area contributed by atoms with Gasteiger partial charge in [-0.3, -0.25) is 4.79 Å². The first kappa shape index (κ1) is 17.9. The smallest absolute Gasteiger partial charge is 0.224 e. The number of carbonyl (C=O) groups is 1. The van der Waals surface area contributed by atoms with E-state index >= 15 is 0 Å². The molecule has 0 aromatic heterocycles. The zero-order valence-electron chi connectivity index (χ0n) is 15.6. The van der Waals surface area contributed by atoms with Gasteiger partial charge in [-0.15, -0.1) is 0 Å². The fourth-order valence-electron chi connectivity index (χ4n) is 3.97. The highest BCUT2D eigenvalue weighted by Gasteiger charge is 2.42. The maximum absolute atomic E-state index is 12.7. The summed E-state index contributed by atoms with van der Waals surface area (Å²) in [6.07, 6.45) is 2.83. The molecule has 2 aromatic rings. The number of fused-ring (bicyclic) bond motifs is 1. The molecule has 1 atom stereocenters. The van der Waals surface area contributed by atoms with Gasteiger partial charge in [0, 0.05) is 24.8 Å². The highest BCUT2D eigenvalue weighted by Crippen LogP contribution is 2.43. The minimum Gasteiger partial charge on any atom is -0.497 e. The quantitative estimate of drug-likeness (QED) is 0.900. The Kier molecular flexibility index (Phi) is 5.03. The molecular weight excluding hydrogens is 342 g/mol. The third kappa shape index (κ3) is 3.93. The number of para-hydroxylation sites is 1. The largest absolute Gasteiger partial charge is 0.497 e. The van der Waals surface area contributed by atoms with Crippen molar-refractivity contribution in [1.29, 1.82) is 0 Å². The maximum Gasteiger partial charge on any atom is 0.224 e. The summed E-state index contributed by atoms with van der Waals surface area (Å²) in [5.41, 5.74) is 1.78. The van der Waals surface area contributed by atoms with Crippen molar-refractivity contribution >= 4 is 5.91 Å². The Morgan fingerprint density at radius 3 is 2.63 bits per heavy atom. The van der Waals surface area contributed by atoms with Crippen molar-refractivity contribution < 1.29 is 19.0 Å². The molecule has 2 aliphatic heterocycles. The predicted octanol–water partition coefficient (Wildman–Crippen LogP) is 3.43. The lowest BCUT2D eigenvalue weighted by atomic mass is 9.82. The van der Waals surface area contributed by atoms with Crippen LogP contribution in [0.15, 0.2) is 48.5 Å². The Morgan fingerprint density at radius 1 is 1.15 bits per heavy atom. The Morgan fingerprint density at radius 2 is 1.89 bits per heavy atom. The number of hydrogen-bond donors (Lipinski definition) is 1. The average molecular weight is 367 g/mol. The normalized spacial score (nSPS) is 20.4. The summed E-state index contributed by atoms with van der Waals surface area (Å²) in [5.74, 6) is 1.68. The third-order valence-electron chi connectivity index (χ3n) is 5.46. The topological polar surface area (TPSA) is 56.8 Å². The molecule has 4 rings (SSSR count). The lowest BCUT2D eigenvalue weighted by Crippen LogP contribution is -2.48. The lowest BCUT2D eigenvalue weighted by Gasteiger charge is -2.44. The van der Waals surface area contributed by atoms with Gasteiger partial charge in [0.1, 0.15) is 17.1 Å². The number of hydrogen-bond acceptors (Lipinski definition) is 4. The van der Waals surface area contributed by atoms with Gasteiger partial charge in [-0.05, 0) is 23.8 Å². The van der Waals surface area contributed by atoms with E-state index < -0.39 is 0 Å². The number of rotatable bonds is 4. The van der Waals surface area contributed by atoms with Crippen molar-refractivity contribution in [2.24, 2.45) is 0 Å². The van der Waals surface area contributed by atoms with Gasteiger partial charge in [0.15, 0.2) is 0 Å². The summed E-state index contributed by atoms with van der Waals surface area (Å²) >= 11 is 0. The average Bonchev–Trinajstić information content (AvgIpc) is 2.69. The minimum absolute atomic E-state index is 0.0177. The van der Waals surface area contributed by atoms with Crippen LogP contribution in [0.25, 0.3) is 0 Å². The van der Waals surface area contributed by atoms with Crippen LogP contribution in [0, 0.1) is 0 Å². The fraction of sp³-hybridized carbons (Fsp3) is 0.409. The van der Waals surface area contributed by atoms with Crippen LogP contribution in [0.3, 0.4) is 0 Å². The van der Waals surface area contributed by atoms with Crippen LogP contribution in [0.1, 0.15) is 36.4 Å². The second kappa shape index (κ2) is 7.61. The molecule has 0 aliphatic carbocycles. The van der Waals surface area contributed by atoms with E-state index in [9.17, 15) is 4.79 Å². The van der Waals surface area contributed by atoms with Gasteiger partial charge in [-0.1, -0.05) is 30.3 Å². The van der Waals surface area contributed by atoms with Crippen LogP contribution < -0.4 is 14.8 Å². The van der Waals surface area contributed by atoms with Gasteiger partial charge in [-0.25, -0.2) is 0 Å². The molecule has 2 aliphatic rings. The molecule has 5 heteroatoms. The molecule has 5 nitrogen and oxygen atoms in total. The van der Waals surface area contributed by atoms with Crippen molar-refractivity contribution in [2.75, 3.05) is 20.3 Å². The first-order valence-corrected chi connectivity index (χ1v) is 9.45. The summed E-state index contributed by atoms with van der Waals surface area (Å²) in [7, 11) is 1.64. The fourth-order valence-corrected chi connectivity index (χ4v) is 3.97. The van der Waals surface area contributed by atoms with Crippen molar-refractivity contribution in [3.63, 3.8) is 0 Å². The monoisotopic (exact) mass is 367 g/mol. The molecule has 2 aromatic carbocycles. The summed E-state index contributed by atoms with van der Waals surface area (Å²) < 4.78 is 17.1. The van der Waals surface area contributed by atoms with E-state index in [0.717, 1.165) is 41.9 Å². The third-order valence-corrected chi connectivity index (χ3v) is 5.46. The lowest BCUT2D eigenvalue weighted by molar-refractivity contribution is -0.122. The molecule has 1 saturated heterocycles. The van der Waals surface area contributed by atoms with E-state index in [1.165, 1.54) is 0 Å². The van der Waals surface area contributed by atoms with Crippen LogP contribution in [0.2, 0.25) is 0 Å². The molecule has 0 bridgehead atoms. The standard InChI is InChI=1S/C22H25NO4/c1-25-17-8-6-16(7-9-17)14-21(24)23-19-15-22(10-12-26-13-11-22)27-20-5-3-2-4-18(19)20/h2-9,19H,10-15H2,1H3,(H,23,24)/t19-/m1/s1. The highest BCUT2D eigenvalue weighted by atomic mass is 16.5. The van der Waals surface area contributed by atoms with Crippen LogP contribution >= 0.6 is 0 Å². The van der Waals surface area contributed by atoms with Gasteiger partial charge < -0.3 is 19.5 Å². The van der Waals surface area contributed by atoms with E-state index in [1.54, 1.807) is 7.11 Å². The van der Waals surface area contributed by atoms with Crippen LogP contribution in [-0.4, -0.2) is 31.8 Å². The van der Waals surface area contributed by atoms with E-state index in [-0.39, 0.29) is 17.6 Å². The summed E-state index contributed by atoms with van der Waals surface area (Å²) in [6, 6.07) is 15.6. The Bertz CT molecular complexity index is 796. The predicted molar refractivity (Wildman–Crippen MR) is 102 cm³/mol. The molecule has 2 heterocycles. The first-order chi connectivity index (χ1) is 13.2. The molecule has 142 valence electrons. The number of ether oxygens (including phenoxy) is 3. The van der Waals surface area contributed by atoms with Crippen molar-refractivity contribution in [3.05, 3.63) is 59.7 Å². The number of amides is 1. The molecule has 1 fully saturated rings. The van der Waals surface area contributed by atoms with Gasteiger partial charge in [-0.2, -0.15) is 0 Å². The maximum atomic E-state index is 12.7. The highest BCUT2D eigenvalue weighted by molar-refractivity contribution is 5.79. The molecule has 1 N–H and O–H groups in total. The molecule has 0 unspecified atom stereocenters. The second-order valence-electron chi connectivity index (χ2n) is 7.28. The second-order valence-corrected chi connectivity index (χ2v) is 7.28. The minimum atomic E-state index is -0.245. The van der Waals surface area contributed by atoms with E-state index in [0.29, 0.717) is 19.6 Å². The van der Waals surface area contributed by atoms with Crippen LogP contribution in [-0.2, 0) is 16.0 Å². The molecule has 1 amide bonds. The SMILES string of the molecule is COc1ccc(CC(=O)N[C@@H]2CC3(CCOCC3)Oc3ccccc32)cc1. The Balaban J connectivity index is 1.49. The molecule has 1 spiro atoms. The van der Waals surface area contributed by atoms with E-state index in [2.05, 4.69) is 5.32 Å². The van der Waals surface area contributed by atoms with Crippen molar-refractivity contribution in [3.8, 4) is 11.5 Å². The summed E-state index contributed by atoms with van der Waals surface area (Å²) in [4.78, 5) is 12.7. The van der Waals surface area contributed by atoms with Gasteiger partial charge in [0.25, 0.3) is 0 Å². The van der Waals surface area contributed by atoms with Gasteiger partial charge in [0.2, 0.25) is 5.91 Å². The van der Waals surface area contributed by atoms with Crippen LogP contribution in [0.5, 0.6) is 11.5 Å². The molecular formula is C22H25NO4. The van der Waals surface area contributed by atoms with Crippen molar-refractivity contribution in [2.45, 2.75) is 37.3 Å². The van der Waals surface area contributed by atoms with E-state index in [1.807, 2.05) is 48.5 Å². The van der Waals surface area contributed by atoms with E-state index in [4.69, 9.17) is 14.2 Å². The summed E-state index contributed by atoms with van der Waals surface area (Å²) in [5, 5.41) is 3.23. The van der Waals surface area contributed by atoms with Crippen LogP contribution in [0.4, 0.5) is 0 Å². The number of benzene rings is 2. The van der Waals surface area contributed by atoms with Crippen molar-refractivity contribution in [1.82, 2.24) is 5.32 Å². The number of methoxy groups -OCH3 is 1. The molecule has 0 saturated carbocycles. The number of nitrogens with one attached hydrogen (secondary N) is 1.